The molecule has 4 heteroatoms. The number of esters is 1. The van der Waals surface area contributed by atoms with Crippen molar-refractivity contribution in [3.63, 3.8) is 0 Å². The van der Waals surface area contributed by atoms with E-state index in [9.17, 15) is 4.79 Å². The van der Waals surface area contributed by atoms with Gasteiger partial charge in [0.25, 0.3) is 0 Å². The Morgan fingerprint density at radius 1 is 1.05 bits per heavy atom. The molecule has 0 saturated carbocycles. The van der Waals surface area contributed by atoms with Crippen LogP contribution in [-0.4, -0.2) is 17.7 Å². The van der Waals surface area contributed by atoms with Gasteiger partial charge in [-0.15, -0.1) is 0 Å². The van der Waals surface area contributed by atoms with E-state index in [1.807, 2.05) is 12.1 Å². The molecular formula is C18H20N2O2. The van der Waals surface area contributed by atoms with E-state index in [0.29, 0.717) is 11.3 Å². The number of hydrogen-bond donors (Lipinski definition) is 2. The summed E-state index contributed by atoms with van der Waals surface area (Å²) in [5.74, 6) is 0.0670. The summed E-state index contributed by atoms with van der Waals surface area (Å²) in [6.45, 7) is 6.23. The molecule has 0 unspecified atom stereocenters. The van der Waals surface area contributed by atoms with Crippen LogP contribution in [0.15, 0.2) is 48.5 Å². The van der Waals surface area contributed by atoms with E-state index < -0.39 is 5.97 Å². The number of ether oxygens (including phenoxy) is 1. The normalized spacial score (nSPS) is 10.9. The van der Waals surface area contributed by atoms with E-state index in [0.717, 1.165) is 11.3 Å². The quantitative estimate of drug-likeness (QED) is 0.507. The van der Waals surface area contributed by atoms with Crippen LogP contribution in [0.5, 0.6) is 5.75 Å². The van der Waals surface area contributed by atoms with Crippen molar-refractivity contribution in [1.29, 1.82) is 5.41 Å². The maximum absolute atomic E-state index is 12.1. The third kappa shape index (κ3) is 4.45. The van der Waals surface area contributed by atoms with E-state index in [-0.39, 0.29) is 5.54 Å². The van der Waals surface area contributed by atoms with Gasteiger partial charge in [0.15, 0.2) is 0 Å². The van der Waals surface area contributed by atoms with Crippen LogP contribution in [0, 0.1) is 5.41 Å². The zero-order chi connectivity index (χ0) is 16.2. The zero-order valence-corrected chi connectivity index (χ0v) is 13.0. The minimum atomic E-state index is -0.398. The topological polar surface area (TPSA) is 62.2 Å². The Morgan fingerprint density at radius 3 is 2.14 bits per heavy atom. The van der Waals surface area contributed by atoms with Crippen LogP contribution in [0.2, 0.25) is 0 Å². The Morgan fingerprint density at radius 2 is 1.64 bits per heavy atom. The number of hydrogen-bond acceptors (Lipinski definition) is 4. The number of anilines is 1. The molecule has 4 nitrogen and oxygen atoms in total. The molecule has 2 N–H and O–H groups in total. The predicted molar refractivity (Wildman–Crippen MR) is 89.1 cm³/mol. The molecule has 2 aromatic rings. The highest BCUT2D eigenvalue weighted by Gasteiger charge is 2.11. The third-order valence-corrected chi connectivity index (χ3v) is 2.90. The Kier molecular flexibility index (Phi) is 4.61. The van der Waals surface area contributed by atoms with Crippen LogP contribution < -0.4 is 10.1 Å². The van der Waals surface area contributed by atoms with E-state index >= 15 is 0 Å². The van der Waals surface area contributed by atoms with Crippen molar-refractivity contribution in [2.75, 3.05) is 5.32 Å². The first kappa shape index (κ1) is 15.8. The molecule has 2 aromatic carbocycles. The highest BCUT2D eigenvalue weighted by atomic mass is 16.5. The molecule has 0 bridgehead atoms. The lowest BCUT2D eigenvalue weighted by molar-refractivity contribution is 0.0735. The second-order valence-corrected chi connectivity index (χ2v) is 6.06. The summed E-state index contributed by atoms with van der Waals surface area (Å²) in [7, 11) is 0. The molecule has 0 aliphatic heterocycles. The predicted octanol–water partition coefficient (Wildman–Crippen LogP) is 4.11. The maximum Gasteiger partial charge on any atom is 0.343 e. The molecule has 0 atom stereocenters. The highest BCUT2D eigenvalue weighted by Crippen LogP contribution is 2.17. The lowest BCUT2D eigenvalue weighted by atomic mass is 10.1. The minimum absolute atomic E-state index is 0.0291. The highest BCUT2D eigenvalue weighted by molar-refractivity contribution is 5.91. The fourth-order valence-electron chi connectivity index (χ4n) is 1.92. The maximum atomic E-state index is 12.1. The van der Waals surface area contributed by atoms with Crippen molar-refractivity contribution in [2.45, 2.75) is 26.3 Å². The van der Waals surface area contributed by atoms with Gasteiger partial charge < -0.3 is 15.5 Å². The molecule has 0 radical (unpaired) electrons. The molecular weight excluding hydrogens is 276 g/mol. The number of rotatable bonds is 4. The summed E-state index contributed by atoms with van der Waals surface area (Å²) in [6.07, 6.45) is 1.24. The van der Waals surface area contributed by atoms with Crippen molar-refractivity contribution in [3.8, 4) is 5.75 Å². The van der Waals surface area contributed by atoms with Gasteiger partial charge in [0, 0.05) is 17.4 Å². The first-order valence-electron chi connectivity index (χ1n) is 7.08. The SMILES string of the molecule is CC(C)(C)Nc1ccc(C(=O)Oc2ccc(C=N)cc2)cc1. The van der Waals surface area contributed by atoms with Gasteiger partial charge in [-0.05, 0) is 74.9 Å². The van der Waals surface area contributed by atoms with Crippen LogP contribution in [-0.2, 0) is 0 Å². The van der Waals surface area contributed by atoms with E-state index in [1.54, 1.807) is 36.4 Å². The lowest BCUT2D eigenvalue weighted by Crippen LogP contribution is -2.26. The van der Waals surface area contributed by atoms with E-state index in [4.69, 9.17) is 10.1 Å². The average Bonchev–Trinajstić information content (AvgIpc) is 2.47. The van der Waals surface area contributed by atoms with Crippen LogP contribution in [0.4, 0.5) is 5.69 Å². The number of carbonyl (C=O) groups excluding carboxylic acids is 1. The second kappa shape index (κ2) is 6.43. The first-order chi connectivity index (χ1) is 10.4. The molecule has 0 aromatic heterocycles. The van der Waals surface area contributed by atoms with Gasteiger partial charge >= 0.3 is 5.97 Å². The van der Waals surface area contributed by atoms with Gasteiger partial charge in [0.05, 0.1) is 5.56 Å². The summed E-state index contributed by atoms with van der Waals surface area (Å²) in [4.78, 5) is 12.1. The fourth-order valence-corrected chi connectivity index (χ4v) is 1.92. The Bertz CT molecular complexity index is 653. The first-order valence-corrected chi connectivity index (χ1v) is 7.08. The van der Waals surface area contributed by atoms with Gasteiger partial charge in [-0.3, -0.25) is 0 Å². The molecule has 0 saturated heterocycles. The molecule has 0 heterocycles. The van der Waals surface area contributed by atoms with Crippen molar-refractivity contribution >= 4 is 17.9 Å². The summed E-state index contributed by atoms with van der Waals surface area (Å²) < 4.78 is 5.31. The molecule has 2 rings (SSSR count). The van der Waals surface area contributed by atoms with Crippen LogP contribution in [0.25, 0.3) is 0 Å². The van der Waals surface area contributed by atoms with Crippen molar-refractivity contribution in [1.82, 2.24) is 0 Å². The van der Waals surface area contributed by atoms with Crippen molar-refractivity contribution < 1.29 is 9.53 Å². The van der Waals surface area contributed by atoms with Gasteiger partial charge in [-0.2, -0.15) is 0 Å². The lowest BCUT2D eigenvalue weighted by Gasteiger charge is -2.22. The minimum Gasteiger partial charge on any atom is -0.423 e. The van der Waals surface area contributed by atoms with Crippen molar-refractivity contribution in [3.05, 3.63) is 59.7 Å². The summed E-state index contributed by atoms with van der Waals surface area (Å²) in [5, 5.41) is 10.5. The molecule has 0 fully saturated rings. The summed E-state index contributed by atoms with van der Waals surface area (Å²) in [5.41, 5.74) is 2.19. The molecule has 0 aliphatic carbocycles. The smallest absolute Gasteiger partial charge is 0.343 e. The molecule has 22 heavy (non-hydrogen) atoms. The third-order valence-electron chi connectivity index (χ3n) is 2.90. The number of benzene rings is 2. The molecule has 0 spiro atoms. The standard InChI is InChI=1S/C18H20N2O2/c1-18(2,3)20-15-8-6-14(7-9-15)17(21)22-16-10-4-13(12-19)5-11-16/h4-12,19-20H,1-3H3. The average molecular weight is 296 g/mol. The largest absolute Gasteiger partial charge is 0.423 e. The number of carbonyl (C=O) groups is 1. The summed E-state index contributed by atoms with van der Waals surface area (Å²) >= 11 is 0. The van der Waals surface area contributed by atoms with Crippen LogP contribution in [0.3, 0.4) is 0 Å². The summed E-state index contributed by atoms with van der Waals surface area (Å²) in [6, 6.07) is 14.0. The van der Waals surface area contributed by atoms with Crippen LogP contribution in [0.1, 0.15) is 36.7 Å². The van der Waals surface area contributed by atoms with E-state index in [1.165, 1.54) is 6.21 Å². The van der Waals surface area contributed by atoms with Gasteiger partial charge in [0.2, 0.25) is 0 Å². The zero-order valence-electron chi connectivity index (χ0n) is 13.0. The van der Waals surface area contributed by atoms with Gasteiger partial charge in [-0.25, -0.2) is 4.79 Å². The van der Waals surface area contributed by atoms with Gasteiger partial charge in [0.1, 0.15) is 5.75 Å². The fraction of sp³-hybridized carbons (Fsp3) is 0.222. The van der Waals surface area contributed by atoms with Gasteiger partial charge in [-0.1, -0.05) is 0 Å². The van der Waals surface area contributed by atoms with Crippen LogP contribution >= 0.6 is 0 Å². The Labute approximate surface area is 130 Å². The second-order valence-electron chi connectivity index (χ2n) is 6.06. The van der Waals surface area contributed by atoms with E-state index in [2.05, 4.69) is 26.1 Å². The molecule has 0 aliphatic rings. The Hall–Kier alpha value is -2.62. The monoisotopic (exact) mass is 296 g/mol. The Balaban J connectivity index is 2.04. The van der Waals surface area contributed by atoms with Crippen molar-refractivity contribution in [2.24, 2.45) is 0 Å². The molecule has 0 amide bonds. The molecule has 114 valence electrons. The number of nitrogens with one attached hydrogen (secondary N) is 2.